The average molecular weight is 221 g/mol. The molecule has 0 aliphatic heterocycles. The normalized spacial score (nSPS) is 12.7. The highest BCUT2D eigenvalue weighted by molar-refractivity contribution is 5.24. The maximum Gasteiger partial charge on any atom is 0.0443 e. The van der Waals surface area contributed by atoms with Gasteiger partial charge in [0.1, 0.15) is 0 Å². The van der Waals surface area contributed by atoms with E-state index in [0.717, 1.165) is 19.5 Å². The van der Waals surface area contributed by atoms with Crippen LogP contribution in [0.4, 0.5) is 0 Å². The van der Waals surface area contributed by atoms with Crippen LogP contribution in [0.2, 0.25) is 0 Å². The van der Waals surface area contributed by atoms with Crippen LogP contribution in [0.3, 0.4) is 0 Å². The number of aliphatic hydroxyl groups is 1. The quantitative estimate of drug-likeness (QED) is 0.694. The second-order valence-electron chi connectivity index (χ2n) is 4.30. The molecular weight excluding hydrogens is 198 g/mol. The summed E-state index contributed by atoms with van der Waals surface area (Å²) < 4.78 is 0. The van der Waals surface area contributed by atoms with E-state index in [0.29, 0.717) is 5.92 Å². The molecule has 1 aromatic rings. The fourth-order valence-corrected chi connectivity index (χ4v) is 1.64. The molecule has 1 atom stereocenters. The first kappa shape index (κ1) is 13.2. The average Bonchev–Trinajstić information content (AvgIpc) is 2.34. The molecule has 0 saturated heterocycles. The number of hydrogen-bond donors (Lipinski definition) is 2. The molecule has 0 aliphatic rings. The molecule has 1 unspecified atom stereocenters. The fraction of sp³-hybridized carbons (Fsp3) is 0.571. The third kappa shape index (κ3) is 4.33. The lowest BCUT2D eigenvalue weighted by Crippen LogP contribution is -2.15. The van der Waals surface area contributed by atoms with E-state index in [1.54, 1.807) is 0 Å². The van der Waals surface area contributed by atoms with E-state index in [-0.39, 0.29) is 6.61 Å². The van der Waals surface area contributed by atoms with Crippen molar-refractivity contribution < 1.29 is 5.11 Å². The Kier molecular flexibility index (Phi) is 6.12. The first-order valence-electron chi connectivity index (χ1n) is 6.18. The molecule has 0 spiro atoms. The van der Waals surface area contributed by atoms with Gasteiger partial charge in [0.15, 0.2) is 0 Å². The maximum absolute atomic E-state index is 8.65. The minimum Gasteiger partial charge on any atom is -0.396 e. The summed E-state index contributed by atoms with van der Waals surface area (Å²) >= 11 is 0. The van der Waals surface area contributed by atoms with Crippen molar-refractivity contribution in [1.29, 1.82) is 0 Å². The van der Waals surface area contributed by atoms with Crippen LogP contribution in [0.25, 0.3) is 0 Å². The van der Waals surface area contributed by atoms with Crippen LogP contribution >= 0.6 is 0 Å². The predicted molar refractivity (Wildman–Crippen MR) is 68.6 cm³/mol. The smallest absolute Gasteiger partial charge is 0.0443 e. The zero-order valence-electron chi connectivity index (χ0n) is 10.4. The highest BCUT2D eigenvalue weighted by atomic mass is 16.3. The summed E-state index contributed by atoms with van der Waals surface area (Å²) in [5, 5.41) is 12.0. The van der Waals surface area contributed by atoms with Gasteiger partial charge in [-0.15, -0.1) is 0 Å². The molecule has 0 radical (unpaired) electrons. The van der Waals surface area contributed by atoms with Gasteiger partial charge in [-0.2, -0.15) is 0 Å². The summed E-state index contributed by atoms with van der Waals surface area (Å²) in [4.78, 5) is 0. The summed E-state index contributed by atoms with van der Waals surface area (Å²) in [6.07, 6.45) is 2.01. The number of aliphatic hydroxyl groups excluding tert-OH is 1. The molecule has 0 saturated carbocycles. The van der Waals surface area contributed by atoms with E-state index in [1.807, 2.05) is 0 Å². The lowest BCUT2D eigenvalue weighted by molar-refractivity contribution is 0.286. The molecule has 2 N–H and O–H groups in total. The third-order valence-corrected chi connectivity index (χ3v) is 3.00. The molecule has 2 heteroatoms. The van der Waals surface area contributed by atoms with Crippen molar-refractivity contribution in [2.45, 2.75) is 39.2 Å². The van der Waals surface area contributed by atoms with Crippen LogP contribution in [0.1, 0.15) is 43.7 Å². The zero-order chi connectivity index (χ0) is 11.8. The standard InChI is InChI=1S/C14H23NO/c1-3-12(2)14-7-5-13(6-8-14)11-15-9-4-10-16/h5-8,12,15-16H,3-4,9-11H2,1-2H3. The number of rotatable bonds is 7. The molecule has 0 amide bonds. The van der Waals surface area contributed by atoms with Gasteiger partial charge in [0.05, 0.1) is 0 Å². The Bertz CT molecular complexity index is 281. The van der Waals surface area contributed by atoms with Gasteiger partial charge in [0, 0.05) is 13.2 Å². The zero-order valence-corrected chi connectivity index (χ0v) is 10.4. The van der Waals surface area contributed by atoms with Crippen molar-refractivity contribution in [2.24, 2.45) is 0 Å². The topological polar surface area (TPSA) is 32.3 Å². The molecular formula is C14H23NO. The Morgan fingerprint density at radius 2 is 1.94 bits per heavy atom. The Morgan fingerprint density at radius 3 is 2.50 bits per heavy atom. The molecule has 1 aromatic carbocycles. The van der Waals surface area contributed by atoms with Crippen LogP contribution < -0.4 is 5.32 Å². The van der Waals surface area contributed by atoms with Crippen molar-refractivity contribution in [1.82, 2.24) is 5.32 Å². The van der Waals surface area contributed by atoms with Gasteiger partial charge in [-0.25, -0.2) is 0 Å². The Hall–Kier alpha value is -0.860. The van der Waals surface area contributed by atoms with Gasteiger partial charge in [0.25, 0.3) is 0 Å². The van der Waals surface area contributed by atoms with E-state index < -0.39 is 0 Å². The van der Waals surface area contributed by atoms with Crippen molar-refractivity contribution >= 4 is 0 Å². The second kappa shape index (κ2) is 7.42. The minimum absolute atomic E-state index is 0.264. The molecule has 16 heavy (non-hydrogen) atoms. The molecule has 0 fully saturated rings. The highest BCUT2D eigenvalue weighted by Gasteiger charge is 2.01. The third-order valence-electron chi connectivity index (χ3n) is 3.00. The van der Waals surface area contributed by atoms with Crippen molar-refractivity contribution in [2.75, 3.05) is 13.2 Å². The Morgan fingerprint density at radius 1 is 1.25 bits per heavy atom. The van der Waals surface area contributed by atoms with E-state index in [2.05, 4.69) is 43.4 Å². The summed E-state index contributed by atoms with van der Waals surface area (Å²) in [7, 11) is 0. The van der Waals surface area contributed by atoms with Gasteiger partial charge in [-0.05, 0) is 36.4 Å². The molecule has 0 aliphatic carbocycles. The lowest BCUT2D eigenvalue weighted by Gasteiger charge is -2.10. The molecule has 90 valence electrons. The van der Waals surface area contributed by atoms with Crippen molar-refractivity contribution in [3.05, 3.63) is 35.4 Å². The Balaban J connectivity index is 2.39. The molecule has 2 nitrogen and oxygen atoms in total. The molecule has 0 aromatic heterocycles. The van der Waals surface area contributed by atoms with Crippen LogP contribution in [0.5, 0.6) is 0 Å². The Labute approximate surface area is 98.7 Å². The number of benzene rings is 1. The van der Waals surface area contributed by atoms with E-state index in [1.165, 1.54) is 17.5 Å². The van der Waals surface area contributed by atoms with Crippen LogP contribution in [0.15, 0.2) is 24.3 Å². The fourth-order valence-electron chi connectivity index (χ4n) is 1.64. The van der Waals surface area contributed by atoms with Gasteiger partial charge >= 0.3 is 0 Å². The minimum atomic E-state index is 0.264. The summed E-state index contributed by atoms with van der Waals surface area (Å²) in [6, 6.07) is 8.81. The van der Waals surface area contributed by atoms with Crippen LogP contribution in [0, 0.1) is 0 Å². The predicted octanol–water partition coefficient (Wildman–Crippen LogP) is 2.67. The number of nitrogens with one attached hydrogen (secondary N) is 1. The second-order valence-corrected chi connectivity index (χ2v) is 4.30. The van der Waals surface area contributed by atoms with Gasteiger partial charge in [-0.1, -0.05) is 38.1 Å². The monoisotopic (exact) mass is 221 g/mol. The summed E-state index contributed by atoms with van der Waals surface area (Å²) in [5.41, 5.74) is 2.73. The molecule has 1 rings (SSSR count). The SMILES string of the molecule is CCC(C)c1ccc(CNCCCO)cc1. The highest BCUT2D eigenvalue weighted by Crippen LogP contribution is 2.18. The van der Waals surface area contributed by atoms with E-state index >= 15 is 0 Å². The van der Waals surface area contributed by atoms with Gasteiger partial charge in [-0.3, -0.25) is 0 Å². The van der Waals surface area contributed by atoms with E-state index in [4.69, 9.17) is 5.11 Å². The molecule has 0 heterocycles. The molecule has 0 bridgehead atoms. The van der Waals surface area contributed by atoms with Crippen LogP contribution in [-0.4, -0.2) is 18.3 Å². The van der Waals surface area contributed by atoms with Crippen LogP contribution in [-0.2, 0) is 6.54 Å². The van der Waals surface area contributed by atoms with Crippen molar-refractivity contribution in [3.63, 3.8) is 0 Å². The maximum atomic E-state index is 8.65. The van der Waals surface area contributed by atoms with E-state index in [9.17, 15) is 0 Å². The largest absolute Gasteiger partial charge is 0.396 e. The summed E-state index contributed by atoms with van der Waals surface area (Å²) in [6.45, 7) is 6.51. The van der Waals surface area contributed by atoms with Gasteiger partial charge < -0.3 is 10.4 Å². The first-order valence-corrected chi connectivity index (χ1v) is 6.18. The summed E-state index contributed by atoms with van der Waals surface area (Å²) in [5.74, 6) is 0.649. The number of hydrogen-bond acceptors (Lipinski definition) is 2. The lowest BCUT2D eigenvalue weighted by atomic mass is 9.98. The first-order chi connectivity index (χ1) is 7.77. The van der Waals surface area contributed by atoms with Crippen molar-refractivity contribution in [3.8, 4) is 0 Å². The van der Waals surface area contributed by atoms with Gasteiger partial charge in [0.2, 0.25) is 0 Å².